The van der Waals surface area contributed by atoms with Crippen LogP contribution in [0.2, 0.25) is 0 Å². The van der Waals surface area contributed by atoms with Gasteiger partial charge in [0.1, 0.15) is 13.2 Å². The van der Waals surface area contributed by atoms with Crippen LogP contribution >= 0.6 is 0 Å². The third kappa shape index (κ3) is 68.5. The van der Waals surface area contributed by atoms with Crippen LogP contribution in [0, 0.1) is 0 Å². The Hall–Kier alpha value is -4.19. The van der Waals surface area contributed by atoms with Crippen molar-refractivity contribution in [1.82, 2.24) is 0 Å². The predicted octanol–water partition coefficient (Wildman–Crippen LogP) is 24.3. The Bertz CT molecular complexity index is 1700. The molecule has 0 amide bonds. The van der Waals surface area contributed by atoms with E-state index in [2.05, 4.69) is 142 Å². The lowest BCUT2D eigenvalue weighted by Crippen LogP contribution is -2.30. The smallest absolute Gasteiger partial charge is 0.306 e. The predicted molar refractivity (Wildman–Crippen MR) is 362 cm³/mol. The van der Waals surface area contributed by atoms with E-state index in [9.17, 15) is 14.4 Å². The minimum absolute atomic E-state index is 0.0894. The highest BCUT2D eigenvalue weighted by Crippen LogP contribution is 2.16. The Morgan fingerprint density at radius 2 is 0.470 bits per heavy atom. The van der Waals surface area contributed by atoms with Gasteiger partial charge in [-0.3, -0.25) is 14.4 Å². The van der Waals surface area contributed by atoms with E-state index in [0.29, 0.717) is 19.3 Å². The van der Waals surface area contributed by atoms with E-state index in [1.165, 1.54) is 154 Å². The number of carbonyl (C=O) groups is 3. The van der Waals surface area contributed by atoms with Crippen LogP contribution in [0.5, 0.6) is 0 Å². The second kappa shape index (κ2) is 70.3. The summed E-state index contributed by atoms with van der Waals surface area (Å²) in [5.41, 5.74) is 0. The van der Waals surface area contributed by atoms with Gasteiger partial charge in [-0.05, 0) is 135 Å². The molecule has 0 rings (SSSR count). The lowest BCUT2D eigenvalue weighted by Gasteiger charge is -2.18. The van der Waals surface area contributed by atoms with E-state index in [1.807, 2.05) is 0 Å². The van der Waals surface area contributed by atoms with Gasteiger partial charge in [0, 0.05) is 19.3 Å². The molecule has 6 heteroatoms. The summed E-state index contributed by atoms with van der Waals surface area (Å²) in [6, 6.07) is 0. The zero-order valence-corrected chi connectivity index (χ0v) is 54.4. The van der Waals surface area contributed by atoms with Crippen molar-refractivity contribution in [2.45, 2.75) is 335 Å². The fraction of sp³-hybridized carbons (Fsp3) is 0.701. The van der Waals surface area contributed by atoms with Gasteiger partial charge in [0.05, 0.1) is 0 Å². The van der Waals surface area contributed by atoms with E-state index in [-0.39, 0.29) is 31.1 Å². The van der Waals surface area contributed by atoms with Crippen LogP contribution in [0.15, 0.2) is 122 Å². The molecule has 0 aromatic heterocycles. The Morgan fingerprint density at radius 3 is 0.759 bits per heavy atom. The molecule has 474 valence electrons. The van der Waals surface area contributed by atoms with Crippen molar-refractivity contribution < 1.29 is 28.6 Å². The van der Waals surface area contributed by atoms with Crippen molar-refractivity contribution in [1.29, 1.82) is 0 Å². The fourth-order valence-electron chi connectivity index (χ4n) is 9.68. The minimum atomic E-state index is -0.796. The molecule has 1 atom stereocenters. The van der Waals surface area contributed by atoms with Gasteiger partial charge >= 0.3 is 17.9 Å². The van der Waals surface area contributed by atoms with E-state index >= 15 is 0 Å². The molecule has 6 nitrogen and oxygen atoms in total. The lowest BCUT2D eigenvalue weighted by atomic mass is 10.0. The Kier molecular flexibility index (Phi) is 66.7. The maximum Gasteiger partial charge on any atom is 0.306 e. The maximum atomic E-state index is 13.0. The van der Waals surface area contributed by atoms with Gasteiger partial charge in [-0.2, -0.15) is 0 Å². The summed E-state index contributed by atoms with van der Waals surface area (Å²) in [6.45, 7) is 6.49. The zero-order chi connectivity index (χ0) is 59.9. The third-order valence-corrected chi connectivity index (χ3v) is 14.9. The number of esters is 3. The summed E-state index contributed by atoms with van der Waals surface area (Å²) in [6.07, 6.45) is 97.8. The third-order valence-electron chi connectivity index (χ3n) is 14.9. The molecule has 0 bridgehead atoms. The van der Waals surface area contributed by atoms with Gasteiger partial charge in [0.2, 0.25) is 0 Å². The maximum absolute atomic E-state index is 13.0. The highest BCUT2D eigenvalue weighted by atomic mass is 16.6. The zero-order valence-electron chi connectivity index (χ0n) is 54.4. The Morgan fingerprint density at radius 1 is 0.253 bits per heavy atom. The summed E-state index contributed by atoms with van der Waals surface area (Å²) in [5.74, 6) is -0.907. The molecule has 0 spiro atoms. The SMILES string of the molecule is CC/C=C\C/C=C\C/C=C\C/C=C\C/C=C\CCCCCCCCCC(=O)OC(COC(=O)CCCCCCC/C=C\C/C=C\CCCCC)COC(=O)CCCCCCCCCCCCCC/C=C\C/C=C\C/C=C\CCCCCCC. The largest absolute Gasteiger partial charge is 0.462 e. The number of rotatable bonds is 63. The van der Waals surface area contributed by atoms with Crippen molar-refractivity contribution in [3.05, 3.63) is 122 Å². The standard InChI is InChI=1S/C77H130O6/c1-4-7-10-13-16-19-22-25-28-30-32-34-36-37-38-39-41-42-44-46-49-52-55-58-61-64-67-70-76(79)82-73-74(72-81-75(78)69-66-63-60-57-54-51-48-27-24-21-18-15-12-9-6-3)83-77(80)71-68-65-62-59-56-53-50-47-45-43-40-35-33-31-29-26-23-20-17-14-11-8-5-2/h8,11,17-18,20-22,25-27,29-30,32-33,35-37,43,45,48,74H,4-7,9-10,12-16,19,23-24,28,31,34,38-42,44,46-47,49-73H2,1-3H3/b11-8-,20-17-,21-18-,25-22-,29-26-,32-30-,35-33-,37-36-,45-43-,48-27-. The summed E-state index contributed by atoms with van der Waals surface area (Å²) < 4.78 is 17.0. The Balaban J connectivity index is 4.37. The van der Waals surface area contributed by atoms with Crippen LogP contribution in [0.3, 0.4) is 0 Å². The summed E-state index contributed by atoms with van der Waals surface area (Å²) in [7, 11) is 0. The molecule has 0 saturated carbocycles. The van der Waals surface area contributed by atoms with Gasteiger partial charge in [-0.25, -0.2) is 0 Å². The average molecular weight is 1150 g/mol. The van der Waals surface area contributed by atoms with Gasteiger partial charge in [-0.1, -0.05) is 296 Å². The molecule has 0 N–H and O–H groups in total. The van der Waals surface area contributed by atoms with Crippen LogP contribution in [0.1, 0.15) is 329 Å². The molecule has 0 heterocycles. The summed E-state index contributed by atoms with van der Waals surface area (Å²) in [5, 5.41) is 0. The number of allylic oxidation sites excluding steroid dienone is 20. The first kappa shape index (κ1) is 78.8. The number of hydrogen-bond acceptors (Lipinski definition) is 6. The molecule has 0 aliphatic carbocycles. The number of ether oxygens (including phenoxy) is 3. The highest BCUT2D eigenvalue weighted by molar-refractivity contribution is 5.71. The molecule has 0 fully saturated rings. The molecule has 0 aromatic carbocycles. The minimum Gasteiger partial charge on any atom is -0.462 e. The van der Waals surface area contributed by atoms with Gasteiger partial charge < -0.3 is 14.2 Å². The number of carbonyl (C=O) groups excluding carboxylic acids is 3. The highest BCUT2D eigenvalue weighted by Gasteiger charge is 2.19. The van der Waals surface area contributed by atoms with Crippen molar-refractivity contribution >= 4 is 17.9 Å². The van der Waals surface area contributed by atoms with Crippen molar-refractivity contribution in [2.24, 2.45) is 0 Å². The van der Waals surface area contributed by atoms with Crippen molar-refractivity contribution in [3.8, 4) is 0 Å². The first-order chi connectivity index (χ1) is 41.0. The van der Waals surface area contributed by atoms with Crippen LogP contribution in [0.4, 0.5) is 0 Å². The number of hydrogen-bond donors (Lipinski definition) is 0. The van der Waals surface area contributed by atoms with Crippen LogP contribution in [-0.4, -0.2) is 37.2 Å². The van der Waals surface area contributed by atoms with Crippen molar-refractivity contribution in [3.63, 3.8) is 0 Å². The van der Waals surface area contributed by atoms with Crippen LogP contribution in [0.25, 0.3) is 0 Å². The molecule has 83 heavy (non-hydrogen) atoms. The second-order valence-electron chi connectivity index (χ2n) is 23.1. The molecule has 0 aliphatic rings. The van der Waals surface area contributed by atoms with Gasteiger partial charge in [0.25, 0.3) is 0 Å². The summed E-state index contributed by atoms with van der Waals surface area (Å²) in [4.78, 5) is 38.5. The second-order valence-corrected chi connectivity index (χ2v) is 23.1. The quantitative estimate of drug-likeness (QED) is 0.0261. The topological polar surface area (TPSA) is 78.9 Å². The molecule has 0 aliphatic heterocycles. The van der Waals surface area contributed by atoms with E-state index in [4.69, 9.17) is 14.2 Å². The number of unbranched alkanes of at least 4 members (excludes halogenated alkanes) is 32. The summed E-state index contributed by atoms with van der Waals surface area (Å²) >= 11 is 0. The fourth-order valence-corrected chi connectivity index (χ4v) is 9.68. The first-order valence-corrected chi connectivity index (χ1v) is 35.0. The molecule has 1 unspecified atom stereocenters. The van der Waals surface area contributed by atoms with E-state index in [1.54, 1.807) is 0 Å². The van der Waals surface area contributed by atoms with E-state index in [0.717, 1.165) is 135 Å². The molecule has 0 radical (unpaired) electrons. The monoisotopic (exact) mass is 1150 g/mol. The van der Waals surface area contributed by atoms with Crippen LogP contribution in [-0.2, 0) is 28.6 Å². The molecule has 0 saturated heterocycles. The van der Waals surface area contributed by atoms with E-state index < -0.39 is 6.10 Å². The normalized spacial score (nSPS) is 12.9. The first-order valence-electron chi connectivity index (χ1n) is 35.0. The molecular formula is C77H130O6. The lowest BCUT2D eigenvalue weighted by molar-refractivity contribution is -0.167. The average Bonchev–Trinajstić information content (AvgIpc) is 3.49. The molecule has 0 aromatic rings. The van der Waals surface area contributed by atoms with Crippen molar-refractivity contribution in [2.75, 3.05) is 13.2 Å². The Labute approximate surface area is 513 Å². The van der Waals surface area contributed by atoms with Gasteiger partial charge in [-0.15, -0.1) is 0 Å². The van der Waals surface area contributed by atoms with Crippen LogP contribution < -0.4 is 0 Å². The molecular weight excluding hydrogens is 1020 g/mol. The van der Waals surface area contributed by atoms with Gasteiger partial charge in [0.15, 0.2) is 6.10 Å².